The number of carbonyl (C=O) groups excluding carboxylic acids is 1. The first-order chi connectivity index (χ1) is 8.54. The molecule has 1 aromatic rings. The summed E-state index contributed by atoms with van der Waals surface area (Å²) in [6.07, 6.45) is 3.52. The fourth-order valence-electron chi connectivity index (χ4n) is 2.25. The van der Waals surface area contributed by atoms with Crippen molar-refractivity contribution < 1.29 is 4.79 Å². The maximum atomic E-state index is 12.1. The van der Waals surface area contributed by atoms with Crippen molar-refractivity contribution in [1.29, 1.82) is 0 Å². The van der Waals surface area contributed by atoms with Crippen LogP contribution in [0.15, 0.2) is 18.2 Å². The van der Waals surface area contributed by atoms with Gasteiger partial charge in [-0.1, -0.05) is 23.2 Å². The molecule has 1 aliphatic carbocycles. The predicted octanol–water partition coefficient (Wildman–Crippen LogP) is 3.45. The van der Waals surface area contributed by atoms with E-state index in [4.69, 9.17) is 28.9 Å². The lowest BCUT2D eigenvalue weighted by Crippen LogP contribution is -2.32. The van der Waals surface area contributed by atoms with E-state index in [9.17, 15) is 4.79 Å². The van der Waals surface area contributed by atoms with Gasteiger partial charge in [-0.25, -0.2) is 0 Å². The quantitative estimate of drug-likeness (QED) is 0.875. The SMILES string of the molecule is NC1CCC(C(=O)Nc2cc(Cl)cc(Cl)c2)CC1. The molecule has 0 aliphatic heterocycles. The first-order valence-corrected chi connectivity index (χ1v) is 6.83. The Morgan fingerprint density at radius 2 is 1.67 bits per heavy atom. The molecule has 1 fully saturated rings. The topological polar surface area (TPSA) is 55.1 Å². The fourth-order valence-corrected chi connectivity index (χ4v) is 2.78. The molecule has 1 aromatic carbocycles. The van der Waals surface area contributed by atoms with Crippen molar-refractivity contribution in [3.63, 3.8) is 0 Å². The third-order valence-corrected chi connectivity index (χ3v) is 3.71. The Bertz CT molecular complexity index is 422. The van der Waals surface area contributed by atoms with E-state index in [1.807, 2.05) is 0 Å². The first-order valence-electron chi connectivity index (χ1n) is 6.07. The largest absolute Gasteiger partial charge is 0.328 e. The van der Waals surface area contributed by atoms with Gasteiger partial charge in [0.15, 0.2) is 0 Å². The van der Waals surface area contributed by atoms with Crippen molar-refractivity contribution in [1.82, 2.24) is 0 Å². The van der Waals surface area contributed by atoms with Crippen LogP contribution in [0, 0.1) is 5.92 Å². The van der Waals surface area contributed by atoms with Crippen molar-refractivity contribution >= 4 is 34.8 Å². The minimum absolute atomic E-state index is 0.0280. The van der Waals surface area contributed by atoms with E-state index in [2.05, 4.69) is 5.32 Å². The molecule has 3 N–H and O–H groups in total. The molecule has 0 aromatic heterocycles. The lowest BCUT2D eigenvalue weighted by Gasteiger charge is -2.25. The summed E-state index contributed by atoms with van der Waals surface area (Å²) in [5.74, 6) is 0.0720. The van der Waals surface area contributed by atoms with E-state index in [-0.39, 0.29) is 17.9 Å². The van der Waals surface area contributed by atoms with Crippen LogP contribution in [0.4, 0.5) is 5.69 Å². The van der Waals surface area contributed by atoms with E-state index >= 15 is 0 Å². The lowest BCUT2D eigenvalue weighted by molar-refractivity contribution is -0.120. The Balaban J connectivity index is 1.98. The van der Waals surface area contributed by atoms with Crippen LogP contribution in [0.1, 0.15) is 25.7 Å². The van der Waals surface area contributed by atoms with Crippen molar-refractivity contribution in [3.8, 4) is 0 Å². The third kappa shape index (κ3) is 3.61. The number of hydrogen-bond donors (Lipinski definition) is 2. The molecular weight excluding hydrogens is 271 g/mol. The summed E-state index contributed by atoms with van der Waals surface area (Å²) in [5.41, 5.74) is 6.47. The first kappa shape index (κ1) is 13.7. The smallest absolute Gasteiger partial charge is 0.227 e. The Labute approximate surface area is 117 Å². The zero-order valence-corrected chi connectivity index (χ0v) is 11.5. The molecule has 0 bridgehead atoms. The zero-order chi connectivity index (χ0) is 13.1. The van der Waals surface area contributed by atoms with Crippen molar-refractivity contribution in [2.45, 2.75) is 31.7 Å². The molecule has 18 heavy (non-hydrogen) atoms. The van der Waals surface area contributed by atoms with Gasteiger partial charge in [0, 0.05) is 27.7 Å². The highest BCUT2D eigenvalue weighted by Crippen LogP contribution is 2.26. The standard InChI is InChI=1S/C13H16Cl2N2O/c14-9-5-10(15)7-12(6-9)17-13(18)8-1-3-11(16)4-2-8/h5-8,11H,1-4,16H2,(H,17,18). The monoisotopic (exact) mass is 286 g/mol. The maximum Gasteiger partial charge on any atom is 0.227 e. The minimum atomic E-state index is 0.0280. The van der Waals surface area contributed by atoms with E-state index < -0.39 is 0 Å². The van der Waals surface area contributed by atoms with Crippen molar-refractivity contribution in [3.05, 3.63) is 28.2 Å². The second kappa shape index (κ2) is 5.91. The van der Waals surface area contributed by atoms with Crippen LogP contribution in [-0.2, 0) is 4.79 Å². The molecule has 0 saturated heterocycles. The minimum Gasteiger partial charge on any atom is -0.328 e. The molecule has 0 atom stereocenters. The van der Waals surface area contributed by atoms with E-state index in [0.717, 1.165) is 25.7 Å². The third-order valence-electron chi connectivity index (χ3n) is 3.27. The van der Waals surface area contributed by atoms with Crippen LogP contribution in [0.5, 0.6) is 0 Å². The van der Waals surface area contributed by atoms with Gasteiger partial charge in [0.2, 0.25) is 5.91 Å². The highest BCUT2D eigenvalue weighted by Gasteiger charge is 2.24. The van der Waals surface area contributed by atoms with Gasteiger partial charge in [-0.3, -0.25) is 4.79 Å². The second-order valence-electron chi connectivity index (χ2n) is 4.76. The number of amides is 1. The molecule has 0 spiro atoms. The maximum absolute atomic E-state index is 12.1. The number of anilines is 1. The van der Waals surface area contributed by atoms with Crippen LogP contribution in [0.3, 0.4) is 0 Å². The molecular formula is C13H16Cl2N2O. The number of halogens is 2. The number of hydrogen-bond acceptors (Lipinski definition) is 2. The number of carbonyl (C=O) groups is 1. The Hall–Kier alpha value is -0.770. The van der Waals surface area contributed by atoms with Crippen molar-refractivity contribution in [2.24, 2.45) is 11.7 Å². The van der Waals surface area contributed by atoms with Crippen LogP contribution in [-0.4, -0.2) is 11.9 Å². The molecule has 1 saturated carbocycles. The molecule has 2 rings (SSSR count). The lowest BCUT2D eigenvalue weighted by atomic mass is 9.86. The number of nitrogens with one attached hydrogen (secondary N) is 1. The summed E-state index contributed by atoms with van der Waals surface area (Å²) < 4.78 is 0. The average Bonchev–Trinajstić information content (AvgIpc) is 2.28. The summed E-state index contributed by atoms with van der Waals surface area (Å²) in [4.78, 5) is 12.1. The highest BCUT2D eigenvalue weighted by atomic mass is 35.5. The van der Waals surface area contributed by atoms with E-state index in [1.54, 1.807) is 18.2 Å². The molecule has 1 aliphatic rings. The zero-order valence-electron chi connectivity index (χ0n) is 9.96. The molecule has 5 heteroatoms. The Kier molecular flexibility index (Phi) is 4.49. The Morgan fingerprint density at radius 1 is 1.11 bits per heavy atom. The second-order valence-corrected chi connectivity index (χ2v) is 5.63. The van der Waals surface area contributed by atoms with Gasteiger partial charge in [0.25, 0.3) is 0 Å². The number of rotatable bonds is 2. The van der Waals surface area contributed by atoms with E-state index in [1.165, 1.54) is 0 Å². The van der Waals surface area contributed by atoms with Gasteiger partial charge in [-0.2, -0.15) is 0 Å². The predicted molar refractivity (Wildman–Crippen MR) is 75.0 cm³/mol. The van der Waals surface area contributed by atoms with E-state index in [0.29, 0.717) is 15.7 Å². The average molecular weight is 287 g/mol. The van der Waals surface area contributed by atoms with Crippen LogP contribution >= 0.6 is 23.2 Å². The summed E-state index contributed by atoms with van der Waals surface area (Å²) in [7, 11) is 0. The number of benzene rings is 1. The van der Waals surface area contributed by atoms with Gasteiger partial charge < -0.3 is 11.1 Å². The Morgan fingerprint density at radius 3 is 2.22 bits per heavy atom. The number of nitrogens with two attached hydrogens (primary N) is 1. The molecule has 0 radical (unpaired) electrons. The summed E-state index contributed by atoms with van der Waals surface area (Å²) in [6.45, 7) is 0. The highest BCUT2D eigenvalue weighted by molar-refractivity contribution is 6.35. The van der Waals surface area contributed by atoms with Crippen LogP contribution in [0.2, 0.25) is 10.0 Å². The summed E-state index contributed by atoms with van der Waals surface area (Å²) >= 11 is 11.8. The van der Waals surface area contributed by atoms with Gasteiger partial charge in [0.05, 0.1) is 0 Å². The molecule has 1 amide bonds. The molecule has 98 valence electrons. The van der Waals surface area contributed by atoms with Gasteiger partial charge >= 0.3 is 0 Å². The van der Waals surface area contributed by atoms with Crippen LogP contribution < -0.4 is 11.1 Å². The van der Waals surface area contributed by atoms with Gasteiger partial charge in [-0.05, 0) is 43.9 Å². The summed E-state index contributed by atoms with van der Waals surface area (Å²) in [6, 6.07) is 5.27. The molecule has 0 unspecified atom stereocenters. The van der Waals surface area contributed by atoms with Crippen molar-refractivity contribution in [2.75, 3.05) is 5.32 Å². The molecule has 0 heterocycles. The van der Waals surface area contributed by atoms with Gasteiger partial charge in [0.1, 0.15) is 0 Å². The normalized spacial score (nSPS) is 23.7. The molecule has 3 nitrogen and oxygen atoms in total. The fraction of sp³-hybridized carbons (Fsp3) is 0.462. The van der Waals surface area contributed by atoms with Crippen LogP contribution in [0.25, 0.3) is 0 Å². The summed E-state index contributed by atoms with van der Waals surface area (Å²) in [5, 5.41) is 3.89. The van der Waals surface area contributed by atoms with Gasteiger partial charge in [-0.15, -0.1) is 0 Å².